The van der Waals surface area contributed by atoms with Crippen molar-refractivity contribution < 1.29 is 24.4 Å². The first-order valence-corrected chi connectivity index (χ1v) is 5.37. The molecule has 0 amide bonds. The van der Waals surface area contributed by atoms with Gasteiger partial charge in [-0.2, -0.15) is 0 Å². The smallest absolute Gasteiger partial charge is 0.188 e. The van der Waals surface area contributed by atoms with Crippen LogP contribution in [0.3, 0.4) is 0 Å². The third-order valence-corrected chi connectivity index (χ3v) is 3.07. The summed E-state index contributed by atoms with van der Waals surface area (Å²) < 4.78 is 16.7. The number of rotatable bonds is 3. The number of ether oxygens (including phenoxy) is 3. The van der Waals surface area contributed by atoms with Crippen LogP contribution >= 0.6 is 0 Å². The first kappa shape index (κ1) is 12.0. The first-order valence-electron chi connectivity index (χ1n) is 5.37. The van der Waals surface area contributed by atoms with E-state index >= 15 is 0 Å². The van der Waals surface area contributed by atoms with Gasteiger partial charge in [-0.3, -0.25) is 0 Å². The maximum Gasteiger partial charge on any atom is 0.188 e. The molecule has 2 rings (SSSR count). The summed E-state index contributed by atoms with van der Waals surface area (Å²) in [4.78, 5) is 0. The molecular weight excluding hydrogens is 212 g/mol. The molecule has 0 bridgehead atoms. The van der Waals surface area contributed by atoms with Gasteiger partial charge in [-0.15, -0.1) is 6.58 Å². The van der Waals surface area contributed by atoms with Crippen molar-refractivity contribution in [2.24, 2.45) is 0 Å². The SMILES string of the molecule is C=C[C@H](O)[C@]1(CO)C[C@H]2OC(C)(C)O[C@H]2O1. The molecule has 0 aromatic carbocycles. The van der Waals surface area contributed by atoms with E-state index in [1.54, 1.807) is 13.8 Å². The van der Waals surface area contributed by atoms with Gasteiger partial charge in [0, 0.05) is 6.42 Å². The van der Waals surface area contributed by atoms with Crippen LogP contribution < -0.4 is 0 Å². The minimum absolute atomic E-state index is 0.253. The number of fused-ring (bicyclic) bond motifs is 1. The lowest BCUT2D eigenvalue weighted by Crippen LogP contribution is -2.46. The predicted molar refractivity (Wildman–Crippen MR) is 55.5 cm³/mol. The molecule has 2 heterocycles. The van der Waals surface area contributed by atoms with Crippen LogP contribution in [-0.4, -0.2) is 46.7 Å². The minimum Gasteiger partial charge on any atom is -0.393 e. The summed E-state index contributed by atoms with van der Waals surface area (Å²) in [6.45, 7) is 6.82. The van der Waals surface area contributed by atoms with E-state index in [1.807, 2.05) is 0 Å². The van der Waals surface area contributed by atoms with Gasteiger partial charge >= 0.3 is 0 Å². The highest BCUT2D eigenvalue weighted by Gasteiger charge is 2.57. The molecule has 92 valence electrons. The van der Waals surface area contributed by atoms with Crippen molar-refractivity contribution in [1.82, 2.24) is 0 Å². The van der Waals surface area contributed by atoms with Gasteiger partial charge in [0.25, 0.3) is 0 Å². The third-order valence-electron chi connectivity index (χ3n) is 3.07. The number of aliphatic hydroxyl groups excluding tert-OH is 2. The second-order valence-corrected chi connectivity index (χ2v) is 4.77. The van der Waals surface area contributed by atoms with E-state index in [0.29, 0.717) is 6.42 Å². The zero-order valence-electron chi connectivity index (χ0n) is 9.55. The zero-order chi connectivity index (χ0) is 12.0. The van der Waals surface area contributed by atoms with Crippen LogP contribution in [0.1, 0.15) is 20.3 Å². The molecule has 0 radical (unpaired) electrons. The summed E-state index contributed by atoms with van der Waals surface area (Å²) in [5.74, 6) is -0.671. The fourth-order valence-corrected chi connectivity index (χ4v) is 2.26. The normalized spacial score (nSPS) is 43.0. The summed E-state index contributed by atoms with van der Waals surface area (Å²) >= 11 is 0. The van der Waals surface area contributed by atoms with Crippen LogP contribution in [-0.2, 0) is 14.2 Å². The topological polar surface area (TPSA) is 68.2 Å². The van der Waals surface area contributed by atoms with Gasteiger partial charge in [-0.25, -0.2) is 0 Å². The molecule has 0 aliphatic carbocycles. The van der Waals surface area contributed by atoms with Crippen LogP contribution in [0.5, 0.6) is 0 Å². The van der Waals surface area contributed by atoms with E-state index in [9.17, 15) is 10.2 Å². The average molecular weight is 230 g/mol. The largest absolute Gasteiger partial charge is 0.393 e. The minimum atomic E-state index is -1.05. The predicted octanol–water partition coefficient (Wildman–Crippen LogP) is 0.162. The molecule has 5 nitrogen and oxygen atoms in total. The molecule has 2 fully saturated rings. The zero-order valence-corrected chi connectivity index (χ0v) is 9.55. The highest BCUT2D eigenvalue weighted by molar-refractivity contribution is 5.04. The molecule has 5 heteroatoms. The Balaban J connectivity index is 2.12. The molecule has 2 saturated heterocycles. The summed E-state index contributed by atoms with van der Waals surface area (Å²) in [6.07, 6.45) is 0.0274. The summed E-state index contributed by atoms with van der Waals surface area (Å²) in [5.41, 5.74) is -1.05. The maximum atomic E-state index is 9.78. The van der Waals surface area contributed by atoms with E-state index in [-0.39, 0.29) is 12.7 Å². The van der Waals surface area contributed by atoms with Crippen molar-refractivity contribution in [2.45, 2.75) is 50.2 Å². The summed E-state index contributed by atoms with van der Waals surface area (Å²) in [6, 6.07) is 0. The van der Waals surface area contributed by atoms with Gasteiger partial charge in [0.1, 0.15) is 17.8 Å². The summed E-state index contributed by atoms with van der Waals surface area (Å²) in [7, 11) is 0. The number of aliphatic hydroxyl groups is 2. The average Bonchev–Trinajstić information content (AvgIpc) is 2.67. The van der Waals surface area contributed by atoms with Gasteiger partial charge < -0.3 is 24.4 Å². The first-order chi connectivity index (χ1) is 7.42. The Morgan fingerprint density at radius 2 is 2.12 bits per heavy atom. The van der Waals surface area contributed by atoms with Crippen LogP contribution in [0.25, 0.3) is 0 Å². The quantitative estimate of drug-likeness (QED) is 0.676. The molecule has 0 unspecified atom stereocenters. The Kier molecular flexibility index (Phi) is 2.84. The lowest BCUT2D eigenvalue weighted by molar-refractivity contribution is -0.243. The molecule has 0 saturated carbocycles. The molecule has 0 aromatic heterocycles. The highest BCUT2D eigenvalue weighted by atomic mass is 16.8. The molecule has 4 atom stereocenters. The molecule has 2 N–H and O–H groups in total. The van der Waals surface area contributed by atoms with Crippen molar-refractivity contribution in [1.29, 1.82) is 0 Å². The van der Waals surface area contributed by atoms with Crippen molar-refractivity contribution in [3.63, 3.8) is 0 Å². The van der Waals surface area contributed by atoms with E-state index in [1.165, 1.54) is 6.08 Å². The van der Waals surface area contributed by atoms with Crippen LogP contribution in [0, 0.1) is 0 Å². The second-order valence-electron chi connectivity index (χ2n) is 4.77. The van der Waals surface area contributed by atoms with Crippen LogP contribution in [0.2, 0.25) is 0 Å². The Morgan fingerprint density at radius 1 is 1.44 bits per heavy atom. The molecule has 0 aromatic rings. The van der Waals surface area contributed by atoms with Crippen molar-refractivity contribution >= 4 is 0 Å². The Bertz CT molecular complexity index is 272. The highest BCUT2D eigenvalue weighted by Crippen LogP contribution is 2.43. The van der Waals surface area contributed by atoms with E-state index in [2.05, 4.69) is 6.58 Å². The molecule has 0 spiro atoms. The van der Waals surface area contributed by atoms with Crippen molar-refractivity contribution in [3.05, 3.63) is 12.7 Å². The van der Waals surface area contributed by atoms with Gasteiger partial charge in [-0.1, -0.05) is 6.08 Å². The van der Waals surface area contributed by atoms with Gasteiger partial charge in [0.2, 0.25) is 0 Å². The van der Waals surface area contributed by atoms with Crippen LogP contribution in [0.15, 0.2) is 12.7 Å². The lowest BCUT2D eigenvalue weighted by Gasteiger charge is -2.32. The molecule has 16 heavy (non-hydrogen) atoms. The van der Waals surface area contributed by atoms with E-state index in [0.717, 1.165) is 0 Å². The van der Waals surface area contributed by atoms with Gasteiger partial charge in [0.15, 0.2) is 12.1 Å². The van der Waals surface area contributed by atoms with Crippen molar-refractivity contribution in [2.75, 3.05) is 6.61 Å². The van der Waals surface area contributed by atoms with Crippen molar-refractivity contribution in [3.8, 4) is 0 Å². The fraction of sp³-hybridized carbons (Fsp3) is 0.818. The monoisotopic (exact) mass is 230 g/mol. The van der Waals surface area contributed by atoms with Gasteiger partial charge in [0.05, 0.1) is 6.61 Å². The lowest BCUT2D eigenvalue weighted by atomic mass is 9.93. The Morgan fingerprint density at radius 3 is 2.62 bits per heavy atom. The molecular formula is C11H18O5. The second kappa shape index (κ2) is 3.78. The van der Waals surface area contributed by atoms with Crippen LogP contribution in [0.4, 0.5) is 0 Å². The number of hydrogen-bond acceptors (Lipinski definition) is 5. The van der Waals surface area contributed by atoms with E-state index < -0.39 is 23.8 Å². The fourth-order valence-electron chi connectivity index (χ4n) is 2.26. The van der Waals surface area contributed by atoms with Gasteiger partial charge in [-0.05, 0) is 13.8 Å². The Hall–Kier alpha value is -0.460. The number of hydrogen-bond donors (Lipinski definition) is 2. The molecule has 2 aliphatic rings. The maximum absolute atomic E-state index is 9.78. The molecule has 2 aliphatic heterocycles. The van der Waals surface area contributed by atoms with E-state index in [4.69, 9.17) is 14.2 Å². The Labute approximate surface area is 94.6 Å². The summed E-state index contributed by atoms with van der Waals surface area (Å²) in [5, 5.41) is 19.1. The third kappa shape index (κ3) is 1.78. The standard InChI is InChI=1S/C11H18O5/c1-4-8(13)11(6-12)5-7-9(16-11)15-10(2,3)14-7/h4,7-9,12-13H,1,5-6H2,2-3H3/t7-,8+,9+,11-/m1/s1.